The molecule has 132 valence electrons. The number of ether oxygens (including phenoxy) is 1. The Kier molecular flexibility index (Phi) is 6.61. The molecule has 3 N–H and O–H groups in total. The van der Waals surface area contributed by atoms with E-state index in [1.165, 1.54) is 0 Å². The predicted molar refractivity (Wildman–Crippen MR) is 93.8 cm³/mol. The van der Waals surface area contributed by atoms with Gasteiger partial charge in [-0.05, 0) is 37.6 Å². The van der Waals surface area contributed by atoms with Gasteiger partial charge in [-0.1, -0.05) is 13.3 Å². The fraction of sp³-hybridized carbons (Fsp3) is 0.556. The Labute approximate surface area is 143 Å². The molecule has 2 atom stereocenters. The maximum Gasteiger partial charge on any atom is 0.229 e. The molecular formula is C18H27N3O3. The average Bonchev–Trinajstić information content (AvgIpc) is 2.96. The van der Waals surface area contributed by atoms with Crippen LogP contribution in [0.4, 0.5) is 5.69 Å². The second-order valence-electron chi connectivity index (χ2n) is 6.24. The predicted octanol–water partition coefficient (Wildman–Crippen LogP) is 2.00. The molecule has 2 rings (SSSR count). The highest BCUT2D eigenvalue weighted by Crippen LogP contribution is 2.24. The molecule has 2 amide bonds. The zero-order chi connectivity index (χ0) is 17.5. The number of carbonyl (C=O) groups excluding carboxylic acids is 2. The molecule has 24 heavy (non-hydrogen) atoms. The quantitative estimate of drug-likeness (QED) is 0.762. The lowest BCUT2D eigenvalue weighted by Crippen LogP contribution is -2.35. The van der Waals surface area contributed by atoms with Gasteiger partial charge in [-0.3, -0.25) is 9.59 Å². The van der Waals surface area contributed by atoms with Crippen LogP contribution in [0, 0.1) is 5.92 Å². The first kappa shape index (κ1) is 18.3. The molecule has 6 heteroatoms. The molecule has 1 heterocycles. The van der Waals surface area contributed by atoms with E-state index in [1.807, 2.05) is 11.8 Å². The van der Waals surface area contributed by atoms with E-state index in [2.05, 4.69) is 12.2 Å². The first-order chi connectivity index (χ1) is 11.5. The van der Waals surface area contributed by atoms with Crippen molar-refractivity contribution in [2.75, 3.05) is 25.0 Å². The summed E-state index contributed by atoms with van der Waals surface area (Å²) in [7, 11) is 0. The van der Waals surface area contributed by atoms with Crippen molar-refractivity contribution in [3.05, 3.63) is 24.3 Å². The summed E-state index contributed by atoms with van der Waals surface area (Å²) in [5, 5.41) is 2.88. The molecule has 0 radical (unpaired) electrons. The summed E-state index contributed by atoms with van der Waals surface area (Å²) in [6.07, 6.45) is 2.28. The normalized spacial score (nSPS) is 18.5. The highest BCUT2D eigenvalue weighted by molar-refractivity contribution is 5.97. The van der Waals surface area contributed by atoms with Crippen molar-refractivity contribution in [1.82, 2.24) is 4.90 Å². The minimum Gasteiger partial charge on any atom is -0.492 e. The van der Waals surface area contributed by atoms with Gasteiger partial charge < -0.3 is 20.7 Å². The summed E-state index contributed by atoms with van der Waals surface area (Å²) in [6, 6.07) is 7.36. The lowest BCUT2D eigenvalue weighted by atomic mass is 10.1. The van der Waals surface area contributed by atoms with Gasteiger partial charge in [0, 0.05) is 31.2 Å². The fourth-order valence-corrected chi connectivity index (χ4v) is 2.96. The Morgan fingerprint density at radius 1 is 1.42 bits per heavy atom. The van der Waals surface area contributed by atoms with Crippen LogP contribution >= 0.6 is 0 Å². The molecule has 1 aromatic rings. The highest BCUT2D eigenvalue weighted by Gasteiger charge is 2.36. The van der Waals surface area contributed by atoms with E-state index in [0.29, 0.717) is 31.1 Å². The van der Waals surface area contributed by atoms with Crippen LogP contribution in [0.15, 0.2) is 24.3 Å². The molecule has 0 spiro atoms. The van der Waals surface area contributed by atoms with E-state index >= 15 is 0 Å². The number of benzene rings is 1. The van der Waals surface area contributed by atoms with Crippen molar-refractivity contribution >= 4 is 17.5 Å². The maximum absolute atomic E-state index is 12.4. The highest BCUT2D eigenvalue weighted by atomic mass is 16.5. The van der Waals surface area contributed by atoms with E-state index in [1.54, 1.807) is 24.3 Å². The first-order valence-electron chi connectivity index (χ1n) is 8.58. The number of likely N-dealkylation sites (tertiary alicyclic amines) is 1. The van der Waals surface area contributed by atoms with Crippen LogP contribution in [0.2, 0.25) is 0 Å². The van der Waals surface area contributed by atoms with Gasteiger partial charge in [0.1, 0.15) is 12.4 Å². The Hall–Kier alpha value is -2.08. The van der Waals surface area contributed by atoms with Crippen LogP contribution in [0.5, 0.6) is 5.75 Å². The summed E-state index contributed by atoms with van der Waals surface area (Å²) >= 11 is 0. The van der Waals surface area contributed by atoms with Crippen molar-refractivity contribution in [1.29, 1.82) is 0 Å². The second kappa shape index (κ2) is 8.68. The lowest BCUT2D eigenvalue weighted by molar-refractivity contribution is -0.129. The summed E-state index contributed by atoms with van der Waals surface area (Å²) < 4.78 is 5.40. The third kappa shape index (κ3) is 4.71. The van der Waals surface area contributed by atoms with Gasteiger partial charge in [-0.2, -0.15) is 0 Å². The maximum atomic E-state index is 12.4. The average molecular weight is 333 g/mol. The van der Waals surface area contributed by atoms with Crippen LogP contribution in [-0.2, 0) is 9.59 Å². The van der Waals surface area contributed by atoms with Crippen LogP contribution in [0.25, 0.3) is 0 Å². The van der Waals surface area contributed by atoms with Gasteiger partial charge in [-0.15, -0.1) is 0 Å². The number of hydrogen-bond donors (Lipinski definition) is 2. The number of anilines is 1. The number of nitrogens with zero attached hydrogens (tertiary/aromatic N) is 1. The number of nitrogens with one attached hydrogen (secondary N) is 1. The SMILES string of the molecule is CCCC(C)N1CC(C(=O)Nc2ccc(OCCN)cc2)CC1=O. The van der Waals surface area contributed by atoms with Gasteiger partial charge in [0.15, 0.2) is 0 Å². The molecule has 6 nitrogen and oxygen atoms in total. The topological polar surface area (TPSA) is 84.7 Å². The molecule has 0 bridgehead atoms. The molecule has 0 aliphatic carbocycles. The Balaban J connectivity index is 1.89. The van der Waals surface area contributed by atoms with E-state index in [0.717, 1.165) is 12.8 Å². The summed E-state index contributed by atoms with van der Waals surface area (Å²) in [5.41, 5.74) is 6.09. The smallest absolute Gasteiger partial charge is 0.229 e. The summed E-state index contributed by atoms with van der Waals surface area (Å²) in [5.74, 6) is 0.394. The molecular weight excluding hydrogens is 306 g/mol. The third-order valence-corrected chi connectivity index (χ3v) is 4.28. The molecule has 1 aliphatic heterocycles. The van der Waals surface area contributed by atoms with Gasteiger partial charge in [0.2, 0.25) is 11.8 Å². The van der Waals surface area contributed by atoms with E-state index < -0.39 is 0 Å². The fourth-order valence-electron chi connectivity index (χ4n) is 2.96. The number of carbonyl (C=O) groups is 2. The molecule has 0 aromatic heterocycles. The van der Waals surface area contributed by atoms with Crippen LogP contribution in [0.3, 0.4) is 0 Å². The molecule has 1 saturated heterocycles. The zero-order valence-corrected chi connectivity index (χ0v) is 14.5. The van der Waals surface area contributed by atoms with E-state index in [4.69, 9.17) is 10.5 Å². The molecule has 0 saturated carbocycles. The van der Waals surface area contributed by atoms with Crippen LogP contribution in [0.1, 0.15) is 33.1 Å². The largest absolute Gasteiger partial charge is 0.492 e. The zero-order valence-electron chi connectivity index (χ0n) is 14.5. The standard InChI is InChI=1S/C18H27N3O3/c1-3-4-13(2)21-12-14(11-17(21)22)18(23)20-15-5-7-16(8-6-15)24-10-9-19/h5-8,13-14H,3-4,9-12,19H2,1-2H3,(H,20,23). The first-order valence-corrected chi connectivity index (χ1v) is 8.58. The van der Waals surface area contributed by atoms with E-state index in [9.17, 15) is 9.59 Å². The number of rotatable bonds is 8. The van der Waals surface area contributed by atoms with Crippen molar-refractivity contribution < 1.29 is 14.3 Å². The Morgan fingerprint density at radius 2 is 2.12 bits per heavy atom. The second-order valence-corrected chi connectivity index (χ2v) is 6.24. The molecule has 2 unspecified atom stereocenters. The van der Waals surface area contributed by atoms with Crippen molar-refractivity contribution in [3.8, 4) is 5.75 Å². The minimum atomic E-state index is -0.287. The van der Waals surface area contributed by atoms with E-state index in [-0.39, 0.29) is 30.2 Å². The monoisotopic (exact) mass is 333 g/mol. The molecule has 1 fully saturated rings. The van der Waals surface area contributed by atoms with Crippen molar-refractivity contribution in [3.63, 3.8) is 0 Å². The van der Waals surface area contributed by atoms with Gasteiger partial charge in [0.25, 0.3) is 0 Å². The van der Waals surface area contributed by atoms with Gasteiger partial charge in [-0.25, -0.2) is 0 Å². The van der Waals surface area contributed by atoms with Gasteiger partial charge in [0.05, 0.1) is 5.92 Å². The van der Waals surface area contributed by atoms with Crippen LogP contribution in [-0.4, -0.2) is 42.5 Å². The number of amides is 2. The van der Waals surface area contributed by atoms with Crippen molar-refractivity contribution in [2.24, 2.45) is 11.7 Å². The van der Waals surface area contributed by atoms with Crippen LogP contribution < -0.4 is 15.8 Å². The Bertz CT molecular complexity index is 559. The van der Waals surface area contributed by atoms with Gasteiger partial charge >= 0.3 is 0 Å². The summed E-state index contributed by atoms with van der Waals surface area (Å²) in [4.78, 5) is 26.4. The lowest BCUT2D eigenvalue weighted by Gasteiger charge is -2.24. The minimum absolute atomic E-state index is 0.0710. The molecule has 1 aromatic carbocycles. The number of hydrogen-bond acceptors (Lipinski definition) is 4. The summed E-state index contributed by atoms with van der Waals surface area (Å²) in [6.45, 7) is 5.57. The Morgan fingerprint density at radius 3 is 2.75 bits per heavy atom. The number of nitrogens with two attached hydrogens (primary N) is 1. The third-order valence-electron chi connectivity index (χ3n) is 4.28. The molecule has 1 aliphatic rings. The van der Waals surface area contributed by atoms with Crippen molar-refractivity contribution in [2.45, 2.75) is 39.2 Å².